The van der Waals surface area contributed by atoms with Crippen LogP contribution in [0.5, 0.6) is 0 Å². The van der Waals surface area contributed by atoms with Gasteiger partial charge in [0.25, 0.3) is 0 Å². The third-order valence-corrected chi connectivity index (χ3v) is 8.57. The van der Waals surface area contributed by atoms with E-state index in [-0.39, 0.29) is 51.5 Å². The van der Waals surface area contributed by atoms with Gasteiger partial charge in [-0.15, -0.1) is 0 Å². The van der Waals surface area contributed by atoms with Crippen molar-refractivity contribution in [1.82, 2.24) is 16.0 Å². The van der Waals surface area contributed by atoms with E-state index in [4.69, 9.17) is 13.6 Å². The van der Waals surface area contributed by atoms with Crippen molar-refractivity contribution in [3.63, 3.8) is 0 Å². The third kappa shape index (κ3) is 8.64. The van der Waals surface area contributed by atoms with E-state index in [0.717, 1.165) is 38.5 Å². The minimum absolute atomic E-state index is 0.0188. The van der Waals surface area contributed by atoms with E-state index in [1.165, 1.54) is 0 Å². The van der Waals surface area contributed by atoms with Crippen LogP contribution in [0.3, 0.4) is 0 Å². The van der Waals surface area contributed by atoms with Gasteiger partial charge in [-0.25, -0.2) is 0 Å². The molecule has 0 bridgehead atoms. The summed E-state index contributed by atoms with van der Waals surface area (Å²) in [6.45, 7) is 27.2. The van der Waals surface area contributed by atoms with Crippen LogP contribution >= 0.6 is 8.60 Å². The molecule has 3 rings (SSSR count). The van der Waals surface area contributed by atoms with Crippen LogP contribution in [-0.4, -0.2) is 51.5 Å². The van der Waals surface area contributed by atoms with Gasteiger partial charge in [0.15, 0.2) is 0 Å². The average molecular weight is 500 g/mol. The van der Waals surface area contributed by atoms with Crippen molar-refractivity contribution >= 4 is 8.60 Å². The fourth-order valence-corrected chi connectivity index (χ4v) is 8.68. The minimum Gasteiger partial charge on any atom is -0.309 e. The summed E-state index contributed by atoms with van der Waals surface area (Å²) in [7, 11) is -1.46. The quantitative estimate of drug-likeness (QED) is 0.379. The molecular weight excluding hydrogens is 445 g/mol. The lowest BCUT2D eigenvalue weighted by Gasteiger charge is -2.49. The topological polar surface area (TPSA) is 63.8 Å². The largest absolute Gasteiger partial charge is 0.333 e. The molecule has 3 aliphatic rings. The molecule has 3 N–H and O–H groups in total. The van der Waals surface area contributed by atoms with Crippen LogP contribution < -0.4 is 16.0 Å². The molecule has 0 aromatic carbocycles. The number of nitrogens with one attached hydrogen (secondary N) is 3. The standard InChI is InChI=1S/C27H54N3O3P/c1-22(2)13-19(14-23(3,4)28-22)31-34(32-20-15-24(5,6)29-25(7,8)16-20)33-21-17-26(9,10)30-27(11,12)18-21/h19-21,28-30H,13-18H2,1-12H3. The first kappa shape index (κ1) is 28.8. The zero-order chi connectivity index (χ0) is 25.8. The lowest BCUT2D eigenvalue weighted by molar-refractivity contribution is -0.0192. The maximum Gasteiger partial charge on any atom is 0.333 e. The van der Waals surface area contributed by atoms with Crippen molar-refractivity contribution in [1.29, 1.82) is 0 Å². The first-order valence-electron chi connectivity index (χ1n) is 13.3. The van der Waals surface area contributed by atoms with Crippen molar-refractivity contribution in [2.24, 2.45) is 0 Å². The van der Waals surface area contributed by atoms with Crippen molar-refractivity contribution < 1.29 is 13.6 Å². The Morgan fingerprint density at radius 2 is 0.588 bits per heavy atom. The molecule has 0 aromatic heterocycles. The van der Waals surface area contributed by atoms with Gasteiger partial charge in [0.2, 0.25) is 0 Å². The lowest BCUT2D eigenvalue weighted by atomic mass is 9.81. The van der Waals surface area contributed by atoms with E-state index in [0.29, 0.717) is 0 Å². The Morgan fingerprint density at radius 1 is 0.412 bits per heavy atom. The smallest absolute Gasteiger partial charge is 0.309 e. The van der Waals surface area contributed by atoms with Gasteiger partial charge in [0, 0.05) is 33.2 Å². The summed E-state index contributed by atoms with van der Waals surface area (Å²) < 4.78 is 20.3. The number of piperidine rings is 3. The SMILES string of the molecule is CC1(C)CC(OP(OC2CC(C)(C)NC(C)(C)C2)OC2CC(C)(C)NC(C)(C)C2)CC(C)(C)N1. The second-order valence-corrected chi connectivity index (χ2v) is 16.4. The Labute approximate surface area is 211 Å². The molecule has 3 saturated heterocycles. The maximum absolute atomic E-state index is 6.78. The number of hydrogen-bond donors (Lipinski definition) is 3. The molecule has 3 aliphatic heterocycles. The first-order chi connectivity index (χ1) is 15.1. The molecule has 0 saturated carbocycles. The van der Waals surface area contributed by atoms with Crippen LogP contribution in [0.25, 0.3) is 0 Å². The zero-order valence-corrected chi connectivity index (χ0v) is 25.0. The highest BCUT2D eigenvalue weighted by Gasteiger charge is 2.45. The molecule has 0 aliphatic carbocycles. The van der Waals surface area contributed by atoms with Gasteiger partial charge in [-0.3, -0.25) is 0 Å². The molecular formula is C27H54N3O3P. The predicted octanol–water partition coefficient (Wildman–Crippen LogP) is 6.19. The van der Waals surface area contributed by atoms with Gasteiger partial charge in [0.05, 0.1) is 18.3 Å². The molecule has 3 fully saturated rings. The summed E-state index contributed by atoms with van der Waals surface area (Å²) in [5, 5.41) is 11.3. The molecule has 34 heavy (non-hydrogen) atoms. The average Bonchev–Trinajstić information content (AvgIpc) is 2.44. The summed E-state index contributed by atoms with van der Waals surface area (Å²) in [6.07, 6.45) is 6.06. The molecule has 6 nitrogen and oxygen atoms in total. The zero-order valence-electron chi connectivity index (χ0n) is 24.1. The molecule has 0 amide bonds. The van der Waals surface area contributed by atoms with Gasteiger partial charge in [-0.2, -0.15) is 0 Å². The van der Waals surface area contributed by atoms with Crippen LogP contribution in [0.1, 0.15) is 122 Å². The Morgan fingerprint density at radius 3 is 0.765 bits per heavy atom. The molecule has 200 valence electrons. The van der Waals surface area contributed by atoms with E-state index >= 15 is 0 Å². The van der Waals surface area contributed by atoms with Crippen molar-refractivity contribution in [3.05, 3.63) is 0 Å². The number of rotatable bonds is 6. The molecule has 0 aromatic rings. The monoisotopic (exact) mass is 499 g/mol. The Hall–Kier alpha value is 0.190. The summed E-state index contributed by atoms with van der Waals surface area (Å²) in [5.41, 5.74) is 0.113. The summed E-state index contributed by atoms with van der Waals surface area (Å²) >= 11 is 0. The maximum atomic E-state index is 6.78. The van der Waals surface area contributed by atoms with Gasteiger partial charge < -0.3 is 29.5 Å². The summed E-state index contributed by atoms with van der Waals surface area (Å²) in [5.74, 6) is 0. The second-order valence-electron chi connectivity index (χ2n) is 15.3. The van der Waals surface area contributed by atoms with E-state index in [9.17, 15) is 0 Å². The van der Waals surface area contributed by atoms with Crippen molar-refractivity contribution in [3.8, 4) is 0 Å². The summed E-state index contributed by atoms with van der Waals surface area (Å²) in [6, 6.07) is 0. The summed E-state index contributed by atoms with van der Waals surface area (Å²) in [4.78, 5) is 0. The molecule has 7 heteroatoms. The van der Waals surface area contributed by atoms with Gasteiger partial charge in [-0.1, -0.05) is 0 Å². The third-order valence-electron chi connectivity index (χ3n) is 7.16. The van der Waals surface area contributed by atoms with Crippen molar-refractivity contribution in [2.75, 3.05) is 0 Å². The second kappa shape index (κ2) is 9.49. The molecule has 0 unspecified atom stereocenters. The van der Waals surface area contributed by atoms with Crippen LogP contribution in [0, 0.1) is 0 Å². The highest BCUT2D eigenvalue weighted by Crippen LogP contribution is 2.51. The van der Waals surface area contributed by atoms with E-state index in [2.05, 4.69) is 99.0 Å². The van der Waals surface area contributed by atoms with Crippen LogP contribution in [-0.2, 0) is 13.6 Å². The molecule has 0 spiro atoms. The Bertz CT molecular complexity index is 577. The van der Waals surface area contributed by atoms with Gasteiger partial charge >= 0.3 is 8.60 Å². The van der Waals surface area contributed by atoms with Crippen LogP contribution in [0.4, 0.5) is 0 Å². The highest BCUT2D eigenvalue weighted by atomic mass is 31.2. The molecule has 3 heterocycles. The Kier molecular flexibility index (Phi) is 8.03. The van der Waals surface area contributed by atoms with Crippen LogP contribution in [0.2, 0.25) is 0 Å². The fraction of sp³-hybridized carbons (Fsp3) is 1.00. The fourth-order valence-electron chi connectivity index (χ4n) is 7.35. The molecule has 0 atom stereocenters. The Balaban J connectivity index is 1.78. The first-order valence-corrected chi connectivity index (χ1v) is 14.4. The predicted molar refractivity (Wildman–Crippen MR) is 143 cm³/mol. The van der Waals surface area contributed by atoms with Gasteiger partial charge in [-0.05, 0) is 122 Å². The van der Waals surface area contributed by atoms with Crippen molar-refractivity contribution in [2.45, 2.75) is 173 Å². The van der Waals surface area contributed by atoms with Crippen LogP contribution in [0.15, 0.2) is 0 Å². The number of hydrogen-bond acceptors (Lipinski definition) is 6. The highest BCUT2D eigenvalue weighted by molar-refractivity contribution is 7.41. The lowest BCUT2D eigenvalue weighted by Crippen LogP contribution is -2.60. The van der Waals surface area contributed by atoms with Gasteiger partial charge in [0.1, 0.15) is 0 Å². The minimum atomic E-state index is -1.46. The van der Waals surface area contributed by atoms with E-state index in [1.807, 2.05) is 0 Å². The van der Waals surface area contributed by atoms with E-state index < -0.39 is 8.60 Å². The van der Waals surface area contributed by atoms with E-state index in [1.54, 1.807) is 0 Å². The normalized spacial score (nSPS) is 31.0. The molecule has 0 radical (unpaired) electrons.